The molecule has 2 rings (SSSR count). The zero-order valence-corrected chi connectivity index (χ0v) is 13.4. The smallest absolute Gasteiger partial charge is 0.0479 e. The maximum atomic E-state index is 8.94. The molecule has 0 bridgehead atoms. The van der Waals surface area contributed by atoms with Gasteiger partial charge in [0.15, 0.2) is 0 Å². The van der Waals surface area contributed by atoms with Gasteiger partial charge in [-0.05, 0) is 30.0 Å². The van der Waals surface area contributed by atoms with Gasteiger partial charge in [-0.3, -0.25) is 0 Å². The Labute approximate surface area is 127 Å². The lowest BCUT2D eigenvalue weighted by Gasteiger charge is -2.03. The topological polar surface area (TPSA) is 20.2 Å². The molecular weight excluding hydrogens is 292 g/mol. The van der Waals surface area contributed by atoms with E-state index in [0.717, 1.165) is 18.6 Å². The van der Waals surface area contributed by atoms with Crippen molar-refractivity contribution in [1.29, 1.82) is 0 Å². The van der Waals surface area contributed by atoms with Gasteiger partial charge in [-0.1, -0.05) is 19.1 Å². The molecule has 0 unspecified atom stereocenters. The molecule has 0 aromatic carbocycles. The number of hydrogen-bond acceptors (Lipinski definition) is 4. The van der Waals surface area contributed by atoms with Crippen molar-refractivity contribution >= 4 is 39.3 Å². The molecule has 0 aliphatic carbocycles. The van der Waals surface area contributed by atoms with E-state index in [0.29, 0.717) is 0 Å². The first-order valence-corrected chi connectivity index (χ1v) is 9.07. The standard InChI is InChI=1S/C15H18OS3/c1-2-4-14(15-5-3-10-17-15)18-11-13-7-6-12(19-13)8-9-16/h3-7,10,16H,2,8-9,11H2,1H3/b14-4-. The number of thioether (sulfide) groups is 1. The summed E-state index contributed by atoms with van der Waals surface area (Å²) >= 11 is 5.52. The highest BCUT2D eigenvalue weighted by atomic mass is 32.2. The van der Waals surface area contributed by atoms with E-state index in [1.54, 1.807) is 11.3 Å². The van der Waals surface area contributed by atoms with Crippen LogP contribution in [0.4, 0.5) is 0 Å². The molecule has 2 aromatic heterocycles. The third kappa shape index (κ3) is 4.49. The van der Waals surface area contributed by atoms with Crippen LogP contribution in [-0.4, -0.2) is 11.7 Å². The first kappa shape index (κ1) is 14.9. The average Bonchev–Trinajstić information content (AvgIpc) is 3.06. The molecule has 1 nitrogen and oxygen atoms in total. The highest BCUT2D eigenvalue weighted by Crippen LogP contribution is 2.35. The van der Waals surface area contributed by atoms with Crippen LogP contribution in [0.15, 0.2) is 35.7 Å². The summed E-state index contributed by atoms with van der Waals surface area (Å²) in [5, 5.41) is 11.1. The molecule has 102 valence electrons. The van der Waals surface area contributed by atoms with E-state index < -0.39 is 0 Å². The Hall–Kier alpha value is -0.550. The first-order chi connectivity index (χ1) is 9.33. The summed E-state index contributed by atoms with van der Waals surface area (Å²) in [5.41, 5.74) is 0. The molecule has 2 aromatic rings. The van der Waals surface area contributed by atoms with Crippen molar-refractivity contribution in [2.45, 2.75) is 25.5 Å². The van der Waals surface area contributed by atoms with Gasteiger partial charge >= 0.3 is 0 Å². The number of allylic oxidation sites excluding steroid dienone is 1. The monoisotopic (exact) mass is 310 g/mol. The highest BCUT2D eigenvalue weighted by Gasteiger charge is 2.05. The maximum Gasteiger partial charge on any atom is 0.0479 e. The Kier molecular flexibility index (Phi) is 6.17. The molecule has 0 aliphatic heterocycles. The molecule has 19 heavy (non-hydrogen) atoms. The molecule has 0 spiro atoms. The van der Waals surface area contributed by atoms with Crippen LogP contribution in [0, 0.1) is 0 Å². The molecule has 0 amide bonds. The fourth-order valence-corrected chi connectivity index (χ4v) is 4.81. The Bertz CT molecular complexity index is 511. The third-order valence-electron chi connectivity index (χ3n) is 2.60. The van der Waals surface area contributed by atoms with Crippen molar-refractivity contribution in [3.63, 3.8) is 0 Å². The minimum Gasteiger partial charge on any atom is -0.396 e. The van der Waals surface area contributed by atoms with Gasteiger partial charge in [-0.25, -0.2) is 0 Å². The van der Waals surface area contributed by atoms with Crippen LogP contribution in [0.5, 0.6) is 0 Å². The summed E-state index contributed by atoms with van der Waals surface area (Å²) in [5.74, 6) is 1.01. The van der Waals surface area contributed by atoms with E-state index in [2.05, 4.69) is 42.6 Å². The predicted octanol–water partition coefficient (Wildman–Crippen LogP) is 5.03. The van der Waals surface area contributed by atoms with Gasteiger partial charge in [-0.15, -0.1) is 34.4 Å². The summed E-state index contributed by atoms with van der Waals surface area (Å²) < 4.78 is 0. The fourth-order valence-electron chi connectivity index (χ4n) is 1.73. The molecule has 1 N–H and O–H groups in total. The second-order valence-corrected chi connectivity index (χ2v) is 7.30. The quantitative estimate of drug-likeness (QED) is 0.774. The normalized spacial score (nSPS) is 12.0. The Morgan fingerprint density at radius 1 is 1.32 bits per heavy atom. The lowest BCUT2D eigenvalue weighted by atomic mass is 10.3. The van der Waals surface area contributed by atoms with Crippen LogP contribution in [0.3, 0.4) is 0 Å². The van der Waals surface area contributed by atoms with Crippen molar-refractivity contribution in [3.05, 3.63) is 50.4 Å². The number of aliphatic hydroxyl groups excluding tert-OH is 1. The number of aliphatic hydroxyl groups is 1. The Morgan fingerprint density at radius 3 is 2.84 bits per heavy atom. The van der Waals surface area contributed by atoms with Crippen LogP contribution < -0.4 is 0 Å². The summed E-state index contributed by atoms with van der Waals surface area (Å²) in [4.78, 5) is 5.40. The van der Waals surface area contributed by atoms with Crippen LogP contribution >= 0.6 is 34.4 Å². The molecular formula is C15H18OS3. The zero-order valence-electron chi connectivity index (χ0n) is 11.0. The van der Waals surface area contributed by atoms with Gasteiger partial charge in [0.05, 0.1) is 0 Å². The third-order valence-corrected chi connectivity index (χ3v) is 6.11. The van der Waals surface area contributed by atoms with E-state index >= 15 is 0 Å². The van der Waals surface area contributed by atoms with Gasteiger partial charge in [-0.2, -0.15) is 0 Å². The van der Waals surface area contributed by atoms with Crippen LogP contribution in [0.1, 0.15) is 28.0 Å². The molecule has 0 radical (unpaired) electrons. The minimum absolute atomic E-state index is 0.239. The SMILES string of the molecule is CC/C=C(\SCc1ccc(CCO)s1)c1cccs1. The molecule has 0 aliphatic rings. The molecule has 0 fully saturated rings. The molecule has 0 saturated carbocycles. The van der Waals surface area contributed by atoms with Gasteiger partial charge in [0.1, 0.15) is 0 Å². The number of rotatable bonds is 7. The number of thiophene rings is 2. The van der Waals surface area contributed by atoms with E-state index in [1.807, 2.05) is 23.1 Å². The summed E-state index contributed by atoms with van der Waals surface area (Å²) in [6.45, 7) is 2.42. The summed E-state index contributed by atoms with van der Waals surface area (Å²) in [7, 11) is 0. The van der Waals surface area contributed by atoms with Crippen LogP contribution in [0.2, 0.25) is 0 Å². The molecule has 2 heterocycles. The van der Waals surface area contributed by atoms with Gasteiger partial charge in [0, 0.05) is 38.3 Å². The fraction of sp³-hybridized carbons (Fsp3) is 0.333. The van der Waals surface area contributed by atoms with Crippen molar-refractivity contribution in [2.75, 3.05) is 6.61 Å². The van der Waals surface area contributed by atoms with Crippen molar-refractivity contribution < 1.29 is 5.11 Å². The summed E-state index contributed by atoms with van der Waals surface area (Å²) in [6.07, 6.45) is 4.15. The Balaban J connectivity index is 1.97. The average molecular weight is 311 g/mol. The largest absolute Gasteiger partial charge is 0.396 e. The van der Waals surface area contributed by atoms with Gasteiger partial charge < -0.3 is 5.11 Å². The highest BCUT2D eigenvalue weighted by molar-refractivity contribution is 8.07. The second kappa shape index (κ2) is 7.90. The summed E-state index contributed by atoms with van der Waals surface area (Å²) in [6, 6.07) is 8.60. The van der Waals surface area contributed by atoms with E-state index in [1.165, 1.54) is 19.5 Å². The lowest BCUT2D eigenvalue weighted by Crippen LogP contribution is -1.84. The number of hydrogen-bond donors (Lipinski definition) is 1. The van der Waals surface area contributed by atoms with Crippen molar-refractivity contribution in [3.8, 4) is 0 Å². The van der Waals surface area contributed by atoms with Crippen LogP contribution in [0.25, 0.3) is 4.91 Å². The minimum atomic E-state index is 0.239. The second-order valence-electron chi connectivity index (χ2n) is 4.08. The van der Waals surface area contributed by atoms with Crippen molar-refractivity contribution in [1.82, 2.24) is 0 Å². The zero-order chi connectivity index (χ0) is 13.5. The van der Waals surface area contributed by atoms with E-state index in [9.17, 15) is 0 Å². The first-order valence-electron chi connectivity index (χ1n) is 6.38. The van der Waals surface area contributed by atoms with Crippen molar-refractivity contribution in [2.24, 2.45) is 0 Å². The lowest BCUT2D eigenvalue weighted by molar-refractivity contribution is 0.300. The van der Waals surface area contributed by atoms with E-state index in [-0.39, 0.29) is 6.61 Å². The molecule has 0 atom stereocenters. The Morgan fingerprint density at radius 2 is 2.16 bits per heavy atom. The maximum absolute atomic E-state index is 8.94. The van der Waals surface area contributed by atoms with Gasteiger partial charge in [0.2, 0.25) is 0 Å². The molecule has 0 saturated heterocycles. The van der Waals surface area contributed by atoms with Crippen LogP contribution in [-0.2, 0) is 12.2 Å². The van der Waals surface area contributed by atoms with Gasteiger partial charge in [0.25, 0.3) is 0 Å². The van der Waals surface area contributed by atoms with E-state index in [4.69, 9.17) is 5.11 Å². The molecule has 4 heteroatoms. The predicted molar refractivity (Wildman–Crippen MR) is 89.0 cm³/mol.